The van der Waals surface area contributed by atoms with Crippen molar-refractivity contribution >= 4 is 11.7 Å². The van der Waals surface area contributed by atoms with E-state index in [1.165, 1.54) is 17.1 Å². The van der Waals surface area contributed by atoms with Crippen molar-refractivity contribution in [3.8, 4) is 0 Å². The summed E-state index contributed by atoms with van der Waals surface area (Å²) in [4.78, 5) is 23.5. The molecule has 0 atom stereocenters. The van der Waals surface area contributed by atoms with Gasteiger partial charge in [-0.3, -0.25) is 4.79 Å². The van der Waals surface area contributed by atoms with Gasteiger partial charge in [0.25, 0.3) is 0 Å². The molecule has 13 heavy (non-hydrogen) atoms. The first kappa shape index (κ1) is 9.17. The summed E-state index contributed by atoms with van der Waals surface area (Å²) >= 11 is 0. The smallest absolute Gasteiger partial charge is 0.370 e. The Hall–Kier alpha value is -1.92. The number of nitro groups is 1. The molecule has 0 aliphatic rings. The Morgan fingerprint density at radius 3 is 2.92 bits per heavy atom. The Morgan fingerprint density at radius 2 is 2.46 bits per heavy atom. The number of hydrogen-bond acceptors (Lipinski definition) is 4. The highest BCUT2D eigenvalue weighted by Gasteiger charge is 2.09. The van der Waals surface area contributed by atoms with Gasteiger partial charge in [-0.1, -0.05) is 0 Å². The van der Waals surface area contributed by atoms with Crippen molar-refractivity contribution in [3.63, 3.8) is 0 Å². The quantitative estimate of drug-likeness (QED) is 0.510. The van der Waals surface area contributed by atoms with E-state index in [1.54, 1.807) is 0 Å². The van der Waals surface area contributed by atoms with Crippen molar-refractivity contribution in [2.75, 3.05) is 0 Å². The summed E-state index contributed by atoms with van der Waals surface area (Å²) in [5.74, 6) is -0.680. The van der Waals surface area contributed by atoms with Crippen LogP contribution in [0.1, 0.15) is 6.42 Å². The van der Waals surface area contributed by atoms with Gasteiger partial charge >= 0.3 is 5.82 Å². The van der Waals surface area contributed by atoms with Crippen LogP contribution in [0.15, 0.2) is 12.5 Å². The maximum Gasteiger partial charge on any atom is 0.381 e. The van der Waals surface area contributed by atoms with Gasteiger partial charge in [0.05, 0.1) is 0 Å². The van der Waals surface area contributed by atoms with Gasteiger partial charge < -0.3 is 20.4 Å². The van der Waals surface area contributed by atoms with Crippen molar-refractivity contribution in [1.29, 1.82) is 0 Å². The van der Waals surface area contributed by atoms with Crippen LogP contribution in [0.3, 0.4) is 0 Å². The fraction of sp³-hybridized carbons (Fsp3) is 0.333. The molecule has 1 aromatic rings. The molecule has 0 saturated heterocycles. The summed E-state index contributed by atoms with van der Waals surface area (Å²) in [6.07, 6.45) is 2.69. The summed E-state index contributed by atoms with van der Waals surface area (Å²) in [5.41, 5.74) is 4.90. The fourth-order valence-corrected chi connectivity index (χ4v) is 0.804. The van der Waals surface area contributed by atoms with Gasteiger partial charge in [0, 0.05) is 13.0 Å². The van der Waals surface area contributed by atoms with E-state index in [-0.39, 0.29) is 12.2 Å². The summed E-state index contributed by atoms with van der Waals surface area (Å²) in [5, 5.41) is 10.2. The predicted octanol–water partition coefficient (Wildman–Crippen LogP) is -0.333. The van der Waals surface area contributed by atoms with E-state index in [9.17, 15) is 14.9 Å². The second-order valence-corrected chi connectivity index (χ2v) is 2.44. The first-order chi connectivity index (χ1) is 6.09. The van der Waals surface area contributed by atoms with E-state index < -0.39 is 10.8 Å². The van der Waals surface area contributed by atoms with Crippen LogP contribution in [0.25, 0.3) is 0 Å². The van der Waals surface area contributed by atoms with Crippen LogP contribution in [-0.2, 0) is 11.3 Å². The van der Waals surface area contributed by atoms with Crippen LogP contribution in [0, 0.1) is 10.1 Å². The predicted molar refractivity (Wildman–Crippen MR) is 42.7 cm³/mol. The first-order valence-corrected chi connectivity index (χ1v) is 3.54. The van der Waals surface area contributed by atoms with Crippen LogP contribution >= 0.6 is 0 Å². The number of imidazole rings is 1. The number of nitrogens with zero attached hydrogens (tertiary/aromatic N) is 3. The number of amides is 1. The number of aromatic nitrogens is 2. The Balaban J connectivity index is 2.59. The molecule has 7 nitrogen and oxygen atoms in total. The third-order valence-electron chi connectivity index (χ3n) is 1.42. The third kappa shape index (κ3) is 2.55. The van der Waals surface area contributed by atoms with E-state index in [0.717, 1.165) is 0 Å². The van der Waals surface area contributed by atoms with Crippen molar-refractivity contribution in [1.82, 2.24) is 9.55 Å². The molecular formula is C6H8N4O3. The highest BCUT2D eigenvalue weighted by atomic mass is 16.6. The van der Waals surface area contributed by atoms with E-state index in [2.05, 4.69) is 4.98 Å². The Morgan fingerprint density at radius 1 is 1.77 bits per heavy atom. The fourth-order valence-electron chi connectivity index (χ4n) is 0.804. The number of carbonyl (C=O) groups is 1. The topological polar surface area (TPSA) is 104 Å². The minimum Gasteiger partial charge on any atom is -0.370 e. The molecule has 1 heterocycles. The monoisotopic (exact) mass is 184 g/mol. The van der Waals surface area contributed by atoms with Crippen LogP contribution in [0.2, 0.25) is 0 Å². The third-order valence-corrected chi connectivity index (χ3v) is 1.42. The maximum absolute atomic E-state index is 10.4. The summed E-state index contributed by atoms with van der Waals surface area (Å²) < 4.78 is 1.45. The van der Waals surface area contributed by atoms with Gasteiger partial charge in [-0.05, 0) is 9.91 Å². The van der Waals surface area contributed by atoms with Crippen LogP contribution in [0.5, 0.6) is 0 Å². The molecule has 0 unspecified atom stereocenters. The van der Waals surface area contributed by atoms with Crippen molar-refractivity contribution in [3.05, 3.63) is 22.6 Å². The van der Waals surface area contributed by atoms with E-state index >= 15 is 0 Å². The van der Waals surface area contributed by atoms with Crippen molar-refractivity contribution in [2.24, 2.45) is 5.73 Å². The Kier molecular flexibility index (Phi) is 2.58. The molecule has 0 saturated carbocycles. The zero-order valence-electron chi connectivity index (χ0n) is 6.71. The van der Waals surface area contributed by atoms with E-state index in [4.69, 9.17) is 5.73 Å². The minimum absolute atomic E-state index is 0.146. The van der Waals surface area contributed by atoms with Crippen molar-refractivity contribution < 1.29 is 9.72 Å². The highest BCUT2D eigenvalue weighted by molar-refractivity contribution is 5.73. The lowest BCUT2D eigenvalue weighted by Gasteiger charge is -1.94. The maximum atomic E-state index is 10.4. The number of aryl methyl sites for hydroxylation is 1. The van der Waals surface area contributed by atoms with Crippen LogP contribution in [0.4, 0.5) is 5.82 Å². The average molecular weight is 184 g/mol. The van der Waals surface area contributed by atoms with E-state index in [0.29, 0.717) is 6.54 Å². The zero-order valence-corrected chi connectivity index (χ0v) is 6.71. The van der Waals surface area contributed by atoms with Gasteiger partial charge in [0.2, 0.25) is 12.2 Å². The second-order valence-electron chi connectivity index (χ2n) is 2.44. The molecule has 0 bridgehead atoms. The first-order valence-electron chi connectivity index (χ1n) is 3.54. The molecule has 0 aliphatic carbocycles. The number of nitrogens with two attached hydrogens (primary N) is 1. The molecular weight excluding hydrogens is 176 g/mol. The van der Waals surface area contributed by atoms with Crippen LogP contribution in [-0.4, -0.2) is 20.4 Å². The number of hydrogen-bond donors (Lipinski definition) is 1. The molecule has 0 aliphatic heterocycles. The molecule has 1 amide bonds. The van der Waals surface area contributed by atoms with Gasteiger partial charge in [-0.2, -0.15) is 0 Å². The molecule has 0 aromatic carbocycles. The lowest BCUT2D eigenvalue weighted by molar-refractivity contribution is -0.389. The molecule has 7 heteroatoms. The molecule has 0 spiro atoms. The molecule has 2 N–H and O–H groups in total. The van der Waals surface area contributed by atoms with E-state index in [1.807, 2.05) is 0 Å². The SMILES string of the molecule is NC(=O)CCn1cnc([N+](=O)[O-])c1. The molecule has 70 valence electrons. The van der Waals surface area contributed by atoms with Gasteiger partial charge in [-0.25, -0.2) is 0 Å². The molecule has 1 aromatic heterocycles. The number of primary amides is 1. The average Bonchev–Trinajstić information content (AvgIpc) is 2.48. The summed E-state index contributed by atoms with van der Waals surface area (Å²) in [6, 6.07) is 0. The highest BCUT2D eigenvalue weighted by Crippen LogP contribution is 2.05. The van der Waals surface area contributed by atoms with Crippen molar-refractivity contribution in [2.45, 2.75) is 13.0 Å². The Bertz CT molecular complexity index is 332. The van der Waals surface area contributed by atoms with Crippen LogP contribution < -0.4 is 5.73 Å². The largest absolute Gasteiger partial charge is 0.381 e. The molecule has 0 radical (unpaired) electrons. The lowest BCUT2D eigenvalue weighted by Crippen LogP contribution is -2.13. The number of rotatable bonds is 4. The molecule has 1 rings (SSSR count). The van der Waals surface area contributed by atoms with Gasteiger partial charge in [0.15, 0.2) is 0 Å². The lowest BCUT2D eigenvalue weighted by atomic mass is 10.4. The number of carbonyl (C=O) groups excluding carboxylic acids is 1. The normalized spacial score (nSPS) is 9.85. The standard InChI is InChI=1S/C6H8N4O3/c7-5(11)1-2-9-3-6(8-4-9)10(12)13/h3-4H,1-2H2,(H2,7,11). The zero-order chi connectivity index (χ0) is 9.84. The molecule has 0 fully saturated rings. The Labute approximate surface area is 73.3 Å². The minimum atomic E-state index is -0.596. The summed E-state index contributed by atoms with van der Waals surface area (Å²) in [6.45, 7) is 0.316. The second kappa shape index (κ2) is 3.65. The van der Waals surface area contributed by atoms with Gasteiger partial charge in [-0.15, -0.1) is 0 Å². The van der Waals surface area contributed by atoms with Gasteiger partial charge in [0.1, 0.15) is 6.20 Å². The summed E-state index contributed by atoms with van der Waals surface area (Å²) in [7, 11) is 0.